The lowest BCUT2D eigenvalue weighted by molar-refractivity contribution is -0.232. The molecule has 1 saturated heterocycles. The molecule has 0 aromatic heterocycles. The van der Waals surface area contributed by atoms with Gasteiger partial charge in [0.2, 0.25) is 0 Å². The summed E-state index contributed by atoms with van der Waals surface area (Å²) in [5.74, 6) is 0.552. The third-order valence-electron chi connectivity index (χ3n) is 6.06. The molecule has 0 saturated carbocycles. The predicted molar refractivity (Wildman–Crippen MR) is 122 cm³/mol. The monoisotopic (exact) mass is 461 g/mol. The van der Waals surface area contributed by atoms with Crippen molar-refractivity contribution in [3.63, 3.8) is 0 Å². The third kappa shape index (κ3) is 4.97. The maximum Gasteiger partial charge on any atom is 0.125 e. The highest BCUT2D eigenvalue weighted by molar-refractivity contribution is 8.00. The van der Waals surface area contributed by atoms with Crippen molar-refractivity contribution in [2.45, 2.75) is 53.5 Å². The van der Waals surface area contributed by atoms with Gasteiger partial charge in [-0.2, -0.15) is 0 Å². The second-order valence-corrected chi connectivity index (χ2v) is 9.67. The molecule has 0 aliphatic carbocycles. The number of nitrogens with one attached hydrogen (secondary N) is 1. The number of hydrogen-bond acceptors (Lipinski definition) is 8. The van der Waals surface area contributed by atoms with Crippen LogP contribution in [-0.2, 0) is 17.6 Å². The summed E-state index contributed by atoms with van der Waals surface area (Å²) in [5, 5.41) is 44.1. The van der Waals surface area contributed by atoms with Gasteiger partial charge < -0.3 is 35.2 Å². The first kappa shape index (κ1) is 23.5. The Balaban J connectivity index is 1.58. The highest BCUT2D eigenvalue weighted by atomic mass is 32.2. The van der Waals surface area contributed by atoms with Crippen LogP contribution >= 0.6 is 11.8 Å². The van der Waals surface area contributed by atoms with Gasteiger partial charge in [0.25, 0.3) is 0 Å². The Hall–Kier alpha value is -1.65. The van der Waals surface area contributed by atoms with Crippen LogP contribution in [0.2, 0.25) is 0 Å². The molecule has 2 aliphatic rings. The largest absolute Gasteiger partial charge is 0.492 e. The van der Waals surface area contributed by atoms with Crippen LogP contribution < -0.4 is 10.1 Å². The van der Waals surface area contributed by atoms with Crippen molar-refractivity contribution >= 4 is 11.8 Å². The molecule has 7 nitrogen and oxygen atoms in total. The fourth-order valence-electron chi connectivity index (χ4n) is 4.33. The zero-order valence-corrected chi connectivity index (χ0v) is 18.9. The van der Waals surface area contributed by atoms with Crippen LogP contribution in [0.3, 0.4) is 0 Å². The zero-order valence-electron chi connectivity index (χ0n) is 18.1. The summed E-state index contributed by atoms with van der Waals surface area (Å²) in [6.45, 7) is 0.606. The van der Waals surface area contributed by atoms with Crippen LogP contribution in [0.25, 0.3) is 0 Å². The van der Waals surface area contributed by atoms with Crippen LogP contribution in [0.15, 0.2) is 47.4 Å². The van der Waals surface area contributed by atoms with E-state index in [1.165, 1.54) is 10.5 Å². The summed E-state index contributed by atoms with van der Waals surface area (Å²) in [7, 11) is 1.84. The van der Waals surface area contributed by atoms with Gasteiger partial charge >= 0.3 is 0 Å². The van der Waals surface area contributed by atoms with E-state index in [4.69, 9.17) is 9.47 Å². The Morgan fingerprint density at radius 1 is 1.09 bits per heavy atom. The summed E-state index contributed by atoms with van der Waals surface area (Å²) in [6.07, 6.45) is -4.23. The maximum absolute atomic E-state index is 10.7. The number of rotatable bonds is 8. The Kier molecular flexibility index (Phi) is 7.73. The number of aliphatic hydroxyl groups excluding tert-OH is 4. The van der Waals surface area contributed by atoms with Gasteiger partial charge in [0.15, 0.2) is 0 Å². The molecule has 0 spiro atoms. The lowest BCUT2D eigenvalue weighted by atomic mass is 9.89. The summed E-state index contributed by atoms with van der Waals surface area (Å²) < 4.78 is 11.7. The van der Waals surface area contributed by atoms with E-state index in [0.29, 0.717) is 29.7 Å². The van der Waals surface area contributed by atoms with E-state index in [-0.39, 0.29) is 0 Å². The normalized spacial score (nSPS) is 29.7. The first-order valence-corrected chi connectivity index (χ1v) is 11.8. The van der Waals surface area contributed by atoms with Gasteiger partial charge in [-0.1, -0.05) is 24.3 Å². The SMILES string of the molecule is CNCCOc1ccc(CC2Cc3ccccc3S2)cc1C1OC(CO)[C@@H](O)C(O)[C@H]1O. The molecule has 4 rings (SSSR count). The van der Waals surface area contributed by atoms with E-state index < -0.39 is 37.1 Å². The zero-order chi connectivity index (χ0) is 22.7. The van der Waals surface area contributed by atoms with Gasteiger partial charge in [0.1, 0.15) is 42.9 Å². The predicted octanol–water partition coefficient (Wildman–Crippen LogP) is 1.06. The second kappa shape index (κ2) is 10.5. The minimum absolute atomic E-state index is 0.408. The maximum atomic E-state index is 10.7. The molecular weight excluding hydrogens is 430 g/mol. The van der Waals surface area contributed by atoms with Gasteiger partial charge in [0, 0.05) is 22.3 Å². The average Bonchev–Trinajstić information content (AvgIpc) is 3.21. The fourth-order valence-corrected chi connectivity index (χ4v) is 5.69. The van der Waals surface area contributed by atoms with Gasteiger partial charge in [0.05, 0.1) is 6.61 Å². The lowest BCUT2D eigenvalue weighted by Gasteiger charge is -2.40. The Labute approximate surface area is 192 Å². The number of ether oxygens (including phenoxy) is 2. The van der Waals surface area contributed by atoms with E-state index in [1.54, 1.807) is 0 Å². The first-order chi connectivity index (χ1) is 15.5. The number of aliphatic hydroxyl groups is 4. The molecule has 2 aromatic carbocycles. The molecule has 2 aromatic rings. The third-order valence-corrected chi connectivity index (χ3v) is 7.38. The average molecular weight is 462 g/mol. The van der Waals surface area contributed by atoms with Crippen LogP contribution in [0.4, 0.5) is 0 Å². The molecule has 6 atom stereocenters. The van der Waals surface area contributed by atoms with E-state index in [1.807, 2.05) is 37.0 Å². The van der Waals surface area contributed by atoms with Crippen molar-refractivity contribution in [3.8, 4) is 5.75 Å². The Morgan fingerprint density at radius 2 is 1.91 bits per heavy atom. The highest BCUT2D eigenvalue weighted by Crippen LogP contribution is 2.41. The molecule has 0 amide bonds. The molecule has 8 heteroatoms. The van der Waals surface area contributed by atoms with E-state index in [0.717, 1.165) is 18.4 Å². The number of thioether (sulfide) groups is 1. The molecule has 174 valence electrons. The molecule has 32 heavy (non-hydrogen) atoms. The minimum atomic E-state index is -1.43. The Bertz CT molecular complexity index is 885. The number of hydrogen-bond donors (Lipinski definition) is 5. The summed E-state index contributed by atoms with van der Waals surface area (Å²) in [6, 6.07) is 14.3. The van der Waals surface area contributed by atoms with Crippen molar-refractivity contribution < 1.29 is 29.9 Å². The molecule has 2 heterocycles. The summed E-state index contributed by atoms with van der Waals surface area (Å²) in [5.41, 5.74) is 3.04. The van der Waals surface area contributed by atoms with E-state index in [2.05, 4.69) is 29.6 Å². The topological polar surface area (TPSA) is 111 Å². The molecule has 0 bridgehead atoms. The van der Waals surface area contributed by atoms with E-state index >= 15 is 0 Å². The standard InChI is InChI=1S/C24H31NO6S/c1-25-8-9-30-18-7-6-14(10-16-12-15-4-2-3-5-20(15)32-16)11-17(18)24-23(29)22(28)21(27)19(13-26)31-24/h2-7,11,16,19,21-29H,8-10,12-13H2,1H3/t16?,19?,21-,22?,23-,24?/m1/s1. The fraction of sp³-hybridized carbons (Fsp3) is 0.500. The van der Waals surface area contributed by atoms with Gasteiger partial charge in [-0.3, -0.25) is 0 Å². The highest BCUT2D eigenvalue weighted by Gasteiger charge is 2.45. The molecular formula is C24H31NO6S. The smallest absolute Gasteiger partial charge is 0.125 e. The second-order valence-electron chi connectivity index (χ2n) is 8.33. The summed E-state index contributed by atoms with van der Waals surface area (Å²) in [4.78, 5) is 1.32. The quantitative estimate of drug-likeness (QED) is 0.371. The molecule has 5 N–H and O–H groups in total. The van der Waals surface area contributed by atoms with Crippen molar-refractivity contribution in [1.82, 2.24) is 5.32 Å². The number of benzene rings is 2. The number of likely N-dealkylation sites (N-methyl/N-ethyl adjacent to an activating group) is 1. The van der Waals surface area contributed by atoms with Crippen LogP contribution in [0.1, 0.15) is 22.8 Å². The first-order valence-electron chi connectivity index (χ1n) is 11.0. The molecule has 2 aliphatic heterocycles. The summed E-state index contributed by atoms with van der Waals surface area (Å²) >= 11 is 1.87. The van der Waals surface area contributed by atoms with Gasteiger partial charge in [-0.25, -0.2) is 0 Å². The Morgan fingerprint density at radius 3 is 2.66 bits per heavy atom. The molecule has 0 radical (unpaired) electrons. The van der Waals surface area contributed by atoms with Crippen LogP contribution in [-0.4, -0.2) is 76.9 Å². The van der Waals surface area contributed by atoms with Gasteiger partial charge in [-0.15, -0.1) is 11.8 Å². The van der Waals surface area contributed by atoms with Crippen LogP contribution in [0, 0.1) is 0 Å². The van der Waals surface area contributed by atoms with Crippen molar-refractivity contribution in [2.75, 3.05) is 26.8 Å². The minimum Gasteiger partial charge on any atom is -0.492 e. The van der Waals surface area contributed by atoms with Crippen LogP contribution in [0.5, 0.6) is 5.75 Å². The van der Waals surface area contributed by atoms with E-state index in [9.17, 15) is 20.4 Å². The lowest BCUT2D eigenvalue weighted by Crippen LogP contribution is -2.55. The van der Waals surface area contributed by atoms with Gasteiger partial charge in [-0.05, 0) is 49.2 Å². The van der Waals surface area contributed by atoms with Crippen molar-refractivity contribution in [2.24, 2.45) is 0 Å². The number of fused-ring (bicyclic) bond motifs is 1. The van der Waals surface area contributed by atoms with Crippen molar-refractivity contribution in [3.05, 3.63) is 59.2 Å². The van der Waals surface area contributed by atoms with Crippen molar-refractivity contribution in [1.29, 1.82) is 0 Å². The molecule has 4 unspecified atom stereocenters. The molecule has 1 fully saturated rings.